The van der Waals surface area contributed by atoms with Crippen LogP contribution in [0.5, 0.6) is 0 Å². The molecule has 0 bridgehead atoms. The monoisotopic (exact) mass is 328 g/mol. The van der Waals surface area contributed by atoms with Crippen LogP contribution < -0.4 is 10.6 Å². The zero-order valence-corrected chi connectivity index (χ0v) is 13.3. The van der Waals surface area contributed by atoms with Crippen molar-refractivity contribution in [2.75, 3.05) is 13.1 Å². The zero-order valence-electron chi connectivity index (χ0n) is 11.8. The highest BCUT2D eigenvalue weighted by molar-refractivity contribution is 6.36. The molecule has 2 rings (SSSR count). The Labute approximate surface area is 134 Å². The maximum Gasteiger partial charge on any atom is 0.224 e. The van der Waals surface area contributed by atoms with Crippen LogP contribution in [-0.2, 0) is 9.59 Å². The minimum Gasteiger partial charge on any atom is -0.355 e. The molecule has 1 aliphatic rings. The average Bonchev–Trinajstić information content (AvgIpc) is 2.45. The van der Waals surface area contributed by atoms with Crippen molar-refractivity contribution in [3.8, 4) is 0 Å². The molecule has 0 aromatic heterocycles. The maximum atomic E-state index is 12.1. The fourth-order valence-corrected chi connectivity index (χ4v) is 3.21. The highest BCUT2D eigenvalue weighted by Crippen LogP contribution is 2.31. The van der Waals surface area contributed by atoms with Crippen LogP contribution in [0.15, 0.2) is 18.2 Å². The highest BCUT2D eigenvalue weighted by Gasteiger charge is 2.25. The number of hydrogen-bond donors (Lipinski definition) is 2. The molecule has 1 aliphatic heterocycles. The van der Waals surface area contributed by atoms with Gasteiger partial charge in [-0.1, -0.05) is 36.2 Å². The summed E-state index contributed by atoms with van der Waals surface area (Å²) in [4.78, 5) is 23.2. The van der Waals surface area contributed by atoms with Crippen molar-refractivity contribution in [1.29, 1.82) is 0 Å². The second kappa shape index (κ2) is 7.14. The molecule has 6 heteroatoms. The SMILES string of the molecule is CC(CNC(=O)C1CCC(=O)NC1)c1c(Cl)cccc1Cl. The zero-order chi connectivity index (χ0) is 15.4. The predicted octanol–water partition coefficient (Wildman–Crippen LogP) is 2.74. The van der Waals surface area contributed by atoms with E-state index in [2.05, 4.69) is 10.6 Å². The van der Waals surface area contributed by atoms with Crippen LogP contribution in [0.25, 0.3) is 0 Å². The molecule has 4 nitrogen and oxygen atoms in total. The molecule has 1 heterocycles. The fourth-order valence-electron chi connectivity index (χ4n) is 2.44. The van der Waals surface area contributed by atoms with Crippen LogP contribution in [0.3, 0.4) is 0 Å². The van der Waals surface area contributed by atoms with E-state index in [1.54, 1.807) is 18.2 Å². The Morgan fingerprint density at radius 3 is 2.67 bits per heavy atom. The third kappa shape index (κ3) is 4.11. The molecule has 0 spiro atoms. The summed E-state index contributed by atoms with van der Waals surface area (Å²) in [7, 11) is 0. The summed E-state index contributed by atoms with van der Waals surface area (Å²) in [6.45, 7) is 2.84. The first-order valence-corrected chi connectivity index (χ1v) is 7.73. The van der Waals surface area contributed by atoms with Crippen LogP contribution in [0.1, 0.15) is 31.2 Å². The summed E-state index contributed by atoms with van der Waals surface area (Å²) in [5.74, 6) is -0.162. The van der Waals surface area contributed by atoms with Gasteiger partial charge in [-0.15, -0.1) is 0 Å². The molecule has 21 heavy (non-hydrogen) atoms. The first kappa shape index (κ1) is 16.1. The van der Waals surface area contributed by atoms with Crippen molar-refractivity contribution < 1.29 is 9.59 Å². The van der Waals surface area contributed by atoms with E-state index in [0.29, 0.717) is 36.0 Å². The summed E-state index contributed by atoms with van der Waals surface area (Å²) in [6.07, 6.45) is 1.00. The van der Waals surface area contributed by atoms with E-state index in [1.807, 2.05) is 6.92 Å². The number of piperidine rings is 1. The normalized spacial score (nSPS) is 19.8. The van der Waals surface area contributed by atoms with Gasteiger partial charge in [-0.05, 0) is 24.1 Å². The van der Waals surface area contributed by atoms with Crippen molar-refractivity contribution in [1.82, 2.24) is 10.6 Å². The molecule has 2 N–H and O–H groups in total. The van der Waals surface area contributed by atoms with Gasteiger partial charge >= 0.3 is 0 Å². The topological polar surface area (TPSA) is 58.2 Å². The molecule has 0 radical (unpaired) electrons. The number of nitrogens with one attached hydrogen (secondary N) is 2. The van der Waals surface area contributed by atoms with Gasteiger partial charge in [-0.3, -0.25) is 9.59 Å². The molecule has 2 atom stereocenters. The number of carbonyl (C=O) groups excluding carboxylic acids is 2. The Morgan fingerprint density at radius 1 is 1.43 bits per heavy atom. The molecule has 0 saturated carbocycles. The van der Waals surface area contributed by atoms with E-state index in [0.717, 1.165) is 5.56 Å². The first-order valence-electron chi connectivity index (χ1n) is 6.97. The van der Waals surface area contributed by atoms with Crippen LogP contribution in [0, 0.1) is 5.92 Å². The van der Waals surface area contributed by atoms with E-state index in [9.17, 15) is 9.59 Å². The van der Waals surface area contributed by atoms with Gasteiger partial charge in [0.25, 0.3) is 0 Å². The van der Waals surface area contributed by atoms with E-state index >= 15 is 0 Å². The maximum absolute atomic E-state index is 12.1. The quantitative estimate of drug-likeness (QED) is 0.892. The minimum absolute atomic E-state index is 0.00951. The summed E-state index contributed by atoms with van der Waals surface area (Å²) in [6, 6.07) is 5.37. The molecule has 1 fully saturated rings. The summed E-state index contributed by atoms with van der Waals surface area (Å²) < 4.78 is 0. The van der Waals surface area contributed by atoms with Crippen LogP contribution in [-0.4, -0.2) is 24.9 Å². The molecular weight excluding hydrogens is 311 g/mol. The third-order valence-corrected chi connectivity index (χ3v) is 4.37. The summed E-state index contributed by atoms with van der Waals surface area (Å²) >= 11 is 12.3. The molecule has 1 saturated heterocycles. The van der Waals surface area contributed by atoms with Gasteiger partial charge in [-0.25, -0.2) is 0 Å². The summed E-state index contributed by atoms with van der Waals surface area (Å²) in [5, 5.41) is 6.83. The molecule has 2 amide bonds. The van der Waals surface area contributed by atoms with Crippen LogP contribution >= 0.6 is 23.2 Å². The van der Waals surface area contributed by atoms with Crippen LogP contribution in [0.2, 0.25) is 10.0 Å². The first-order chi connectivity index (χ1) is 9.99. The van der Waals surface area contributed by atoms with Crippen molar-refractivity contribution in [3.63, 3.8) is 0 Å². The van der Waals surface area contributed by atoms with Gasteiger partial charge in [0.05, 0.1) is 5.92 Å². The number of rotatable bonds is 4. The lowest BCUT2D eigenvalue weighted by molar-refractivity contribution is -0.128. The number of carbonyl (C=O) groups is 2. The number of amides is 2. The summed E-state index contributed by atoms with van der Waals surface area (Å²) in [5.41, 5.74) is 0.845. The Hall–Kier alpha value is -1.26. The highest BCUT2D eigenvalue weighted by atomic mass is 35.5. The van der Waals surface area contributed by atoms with Gasteiger partial charge in [0, 0.05) is 35.5 Å². The smallest absolute Gasteiger partial charge is 0.224 e. The van der Waals surface area contributed by atoms with Crippen molar-refractivity contribution >= 4 is 35.0 Å². The Bertz CT molecular complexity index is 518. The van der Waals surface area contributed by atoms with Gasteiger partial charge in [0.1, 0.15) is 0 Å². The van der Waals surface area contributed by atoms with Crippen molar-refractivity contribution in [3.05, 3.63) is 33.8 Å². The lowest BCUT2D eigenvalue weighted by atomic mass is 9.97. The predicted molar refractivity (Wildman–Crippen MR) is 83.6 cm³/mol. The van der Waals surface area contributed by atoms with E-state index < -0.39 is 0 Å². The minimum atomic E-state index is -0.156. The average molecular weight is 329 g/mol. The van der Waals surface area contributed by atoms with Crippen molar-refractivity contribution in [2.45, 2.75) is 25.7 Å². The molecule has 1 aromatic carbocycles. The van der Waals surface area contributed by atoms with E-state index in [1.165, 1.54) is 0 Å². The van der Waals surface area contributed by atoms with Gasteiger partial charge in [0.2, 0.25) is 11.8 Å². The third-order valence-electron chi connectivity index (χ3n) is 3.71. The molecular formula is C15H18Cl2N2O2. The second-order valence-electron chi connectivity index (χ2n) is 5.32. The van der Waals surface area contributed by atoms with E-state index in [4.69, 9.17) is 23.2 Å². The molecule has 2 unspecified atom stereocenters. The molecule has 114 valence electrons. The second-order valence-corrected chi connectivity index (χ2v) is 6.14. The largest absolute Gasteiger partial charge is 0.355 e. The Kier molecular flexibility index (Phi) is 5.48. The van der Waals surface area contributed by atoms with E-state index in [-0.39, 0.29) is 23.7 Å². The fraction of sp³-hybridized carbons (Fsp3) is 0.467. The number of benzene rings is 1. The molecule has 0 aliphatic carbocycles. The Balaban J connectivity index is 1.90. The lowest BCUT2D eigenvalue weighted by Crippen LogP contribution is -2.43. The Morgan fingerprint density at radius 2 is 2.10 bits per heavy atom. The number of hydrogen-bond acceptors (Lipinski definition) is 2. The standard InChI is InChI=1S/C15H18Cl2N2O2/c1-9(14-11(16)3-2-4-12(14)17)7-19-15(21)10-5-6-13(20)18-8-10/h2-4,9-10H,5-8H2,1H3,(H,18,20)(H,19,21). The van der Waals surface area contributed by atoms with Crippen LogP contribution in [0.4, 0.5) is 0 Å². The number of halogens is 2. The lowest BCUT2D eigenvalue weighted by Gasteiger charge is -2.23. The van der Waals surface area contributed by atoms with Gasteiger partial charge < -0.3 is 10.6 Å². The molecule has 1 aromatic rings. The van der Waals surface area contributed by atoms with Crippen molar-refractivity contribution in [2.24, 2.45) is 5.92 Å². The van der Waals surface area contributed by atoms with Gasteiger partial charge in [-0.2, -0.15) is 0 Å². The van der Waals surface area contributed by atoms with Gasteiger partial charge in [0.15, 0.2) is 0 Å².